The first-order valence-electron chi connectivity index (χ1n) is 5.34. The van der Waals surface area contributed by atoms with Crippen molar-refractivity contribution in [2.45, 2.75) is 18.5 Å². The van der Waals surface area contributed by atoms with Crippen LogP contribution >= 0.6 is 11.6 Å². The monoisotopic (exact) mass is 243 g/mol. The molecule has 1 aliphatic heterocycles. The Bertz CT molecular complexity index is 372. The van der Waals surface area contributed by atoms with E-state index in [9.17, 15) is 4.39 Å². The fraction of sp³-hybridized carbons (Fsp3) is 0.455. The largest absolute Gasteiger partial charge is 0.381 e. The summed E-state index contributed by atoms with van der Waals surface area (Å²) < 4.78 is 13.0. The van der Waals surface area contributed by atoms with E-state index in [1.54, 1.807) is 12.1 Å². The molecule has 1 aliphatic rings. The summed E-state index contributed by atoms with van der Waals surface area (Å²) in [6, 6.07) is 4.90. The van der Waals surface area contributed by atoms with E-state index in [1.807, 2.05) is 0 Å². The number of nitrogens with one attached hydrogen (secondary N) is 2. The highest BCUT2D eigenvalue weighted by Gasteiger charge is 2.21. The van der Waals surface area contributed by atoms with Crippen molar-refractivity contribution in [3.05, 3.63) is 29.0 Å². The van der Waals surface area contributed by atoms with Crippen LogP contribution in [0.5, 0.6) is 0 Å². The van der Waals surface area contributed by atoms with Gasteiger partial charge in [-0.1, -0.05) is 11.6 Å². The van der Waals surface area contributed by atoms with E-state index in [-0.39, 0.29) is 17.1 Å². The van der Waals surface area contributed by atoms with Crippen molar-refractivity contribution in [1.82, 2.24) is 5.32 Å². The summed E-state index contributed by atoms with van der Waals surface area (Å²) in [5.41, 5.74) is 6.78. The molecular formula is C11H15ClFN3. The minimum absolute atomic E-state index is 0.0672. The van der Waals surface area contributed by atoms with Crippen molar-refractivity contribution in [3.63, 3.8) is 0 Å². The second-order valence-corrected chi connectivity index (χ2v) is 4.44. The number of piperidine rings is 1. The Labute approximate surface area is 99.2 Å². The minimum Gasteiger partial charge on any atom is -0.381 e. The van der Waals surface area contributed by atoms with Crippen LogP contribution in [0.3, 0.4) is 0 Å². The maximum Gasteiger partial charge on any atom is 0.141 e. The summed E-state index contributed by atoms with van der Waals surface area (Å²) in [4.78, 5) is 0. The van der Waals surface area contributed by atoms with Crippen LogP contribution in [0.15, 0.2) is 18.2 Å². The molecule has 1 fully saturated rings. The molecule has 1 saturated heterocycles. The highest BCUT2D eigenvalue weighted by Crippen LogP contribution is 2.21. The summed E-state index contributed by atoms with van der Waals surface area (Å²) in [6.07, 6.45) is 0.955. The number of benzene rings is 1. The molecule has 2 unspecified atom stereocenters. The first-order chi connectivity index (χ1) is 7.66. The van der Waals surface area contributed by atoms with Crippen molar-refractivity contribution in [2.24, 2.45) is 5.73 Å². The van der Waals surface area contributed by atoms with E-state index in [0.29, 0.717) is 0 Å². The third-order valence-corrected chi connectivity index (χ3v) is 3.09. The molecule has 4 N–H and O–H groups in total. The van der Waals surface area contributed by atoms with Gasteiger partial charge in [-0.05, 0) is 31.2 Å². The van der Waals surface area contributed by atoms with Crippen molar-refractivity contribution in [3.8, 4) is 0 Å². The topological polar surface area (TPSA) is 50.1 Å². The molecule has 0 spiro atoms. The summed E-state index contributed by atoms with van der Waals surface area (Å²) in [5, 5.41) is 6.63. The van der Waals surface area contributed by atoms with Gasteiger partial charge in [-0.15, -0.1) is 0 Å². The van der Waals surface area contributed by atoms with Crippen molar-refractivity contribution >= 4 is 17.3 Å². The second-order valence-electron chi connectivity index (χ2n) is 4.04. The lowest BCUT2D eigenvalue weighted by Gasteiger charge is -2.30. The van der Waals surface area contributed by atoms with E-state index in [0.717, 1.165) is 25.2 Å². The molecule has 0 aliphatic carbocycles. The van der Waals surface area contributed by atoms with Crippen LogP contribution in [0.25, 0.3) is 0 Å². The van der Waals surface area contributed by atoms with Gasteiger partial charge in [-0.3, -0.25) is 0 Å². The fourth-order valence-corrected chi connectivity index (χ4v) is 2.04. The Hall–Kier alpha value is -0.840. The first kappa shape index (κ1) is 11.6. The van der Waals surface area contributed by atoms with Crippen LogP contribution in [0.2, 0.25) is 5.02 Å². The predicted octanol–water partition coefficient (Wildman–Crippen LogP) is 1.58. The number of anilines is 1. The lowest BCUT2D eigenvalue weighted by molar-refractivity contribution is 0.421. The molecule has 1 heterocycles. The quantitative estimate of drug-likeness (QED) is 0.739. The Balaban J connectivity index is 2.05. The van der Waals surface area contributed by atoms with Gasteiger partial charge in [-0.2, -0.15) is 0 Å². The molecule has 1 aromatic carbocycles. The highest BCUT2D eigenvalue weighted by atomic mass is 35.5. The molecule has 0 aromatic heterocycles. The van der Waals surface area contributed by atoms with Crippen LogP contribution in [0, 0.1) is 5.82 Å². The minimum atomic E-state index is -0.401. The average molecular weight is 244 g/mol. The van der Waals surface area contributed by atoms with Gasteiger partial charge in [0.05, 0.1) is 5.02 Å². The van der Waals surface area contributed by atoms with Gasteiger partial charge < -0.3 is 16.4 Å². The maximum absolute atomic E-state index is 13.0. The van der Waals surface area contributed by atoms with Gasteiger partial charge in [-0.25, -0.2) is 4.39 Å². The van der Waals surface area contributed by atoms with E-state index >= 15 is 0 Å². The second kappa shape index (κ2) is 4.99. The number of hydrogen-bond acceptors (Lipinski definition) is 3. The lowest BCUT2D eigenvalue weighted by Crippen LogP contribution is -2.52. The normalized spacial score (nSPS) is 25.4. The van der Waals surface area contributed by atoms with Crippen molar-refractivity contribution in [2.75, 3.05) is 18.4 Å². The highest BCUT2D eigenvalue weighted by molar-refractivity contribution is 6.31. The summed E-state index contributed by atoms with van der Waals surface area (Å²) in [5.74, 6) is -0.401. The molecule has 88 valence electrons. The van der Waals surface area contributed by atoms with Crippen LogP contribution in [-0.2, 0) is 0 Å². The van der Waals surface area contributed by atoms with E-state index in [1.165, 1.54) is 6.07 Å². The SMILES string of the molecule is NC1CNCCC1Nc1ccc(F)c(Cl)c1. The Morgan fingerprint density at radius 3 is 3.00 bits per heavy atom. The zero-order chi connectivity index (χ0) is 11.5. The molecule has 0 radical (unpaired) electrons. The Kier molecular flexibility index (Phi) is 3.63. The zero-order valence-electron chi connectivity index (χ0n) is 8.84. The van der Waals surface area contributed by atoms with Crippen molar-refractivity contribution < 1.29 is 4.39 Å². The third-order valence-electron chi connectivity index (χ3n) is 2.80. The molecule has 0 bridgehead atoms. The smallest absolute Gasteiger partial charge is 0.141 e. The third kappa shape index (κ3) is 2.64. The van der Waals surface area contributed by atoms with Gasteiger partial charge in [0, 0.05) is 24.3 Å². The van der Waals surface area contributed by atoms with Gasteiger partial charge >= 0.3 is 0 Å². The van der Waals surface area contributed by atoms with Gasteiger partial charge in [0.15, 0.2) is 0 Å². The molecule has 0 saturated carbocycles. The standard InChI is InChI=1S/C11H15ClFN3/c12-8-5-7(1-2-9(8)13)16-11-3-4-15-6-10(11)14/h1-2,5,10-11,15-16H,3-4,6,14H2. The zero-order valence-corrected chi connectivity index (χ0v) is 9.60. The molecule has 0 amide bonds. The average Bonchev–Trinajstić information content (AvgIpc) is 2.27. The van der Waals surface area contributed by atoms with Gasteiger partial charge in [0.1, 0.15) is 5.82 Å². The summed E-state index contributed by atoms with van der Waals surface area (Å²) >= 11 is 5.71. The summed E-state index contributed by atoms with van der Waals surface area (Å²) in [6.45, 7) is 1.74. The summed E-state index contributed by atoms with van der Waals surface area (Å²) in [7, 11) is 0. The van der Waals surface area contributed by atoms with Crippen LogP contribution in [0.1, 0.15) is 6.42 Å². The van der Waals surface area contributed by atoms with Crippen molar-refractivity contribution in [1.29, 1.82) is 0 Å². The Morgan fingerprint density at radius 2 is 2.31 bits per heavy atom. The molecule has 2 rings (SSSR count). The lowest BCUT2D eigenvalue weighted by atomic mass is 10.0. The van der Waals surface area contributed by atoms with Crippen LogP contribution < -0.4 is 16.4 Å². The number of halogens is 2. The molecular weight excluding hydrogens is 229 g/mol. The van der Waals surface area contributed by atoms with Crippen LogP contribution in [-0.4, -0.2) is 25.2 Å². The number of hydrogen-bond donors (Lipinski definition) is 3. The first-order valence-corrected chi connectivity index (χ1v) is 5.72. The molecule has 16 heavy (non-hydrogen) atoms. The van der Waals surface area contributed by atoms with Gasteiger partial charge in [0.25, 0.3) is 0 Å². The molecule has 5 heteroatoms. The maximum atomic E-state index is 13.0. The number of rotatable bonds is 2. The predicted molar refractivity (Wildman–Crippen MR) is 64.3 cm³/mol. The van der Waals surface area contributed by atoms with Crippen LogP contribution in [0.4, 0.5) is 10.1 Å². The van der Waals surface area contributed by atoms with E-state index < -0.39 is 5.82 Å². The molecule has 3 nitrogen and oxygen atoms in total. The number of nitrogens with two attached hydrogens (primary N) is 1. The van der Waals surface area contributed by atoms with E-state index in [2.05, 4.69) is 10.6 Å². The Morgan fingerprint density at radius 1 is 1.50 bits per heavy atom. The molecule has 2 atom stereocenters. The van der Waals surface area contributed by atoms with Gasteiger partial charge in [0.2, 0.25) is 0 Å². The fourth-order valence-electron chi connectivity index (χ4n) is 1.86. The van der Waals surface area contributed by atoms with E-state index in [4.69, 9.17) is 17.3 Å². The molecule has 1 aromatic rings.